The van der Waals surface area contributed by atoms with Crippen molar-refractivity contribution in [2.45, 2.75) is 64.4 Å². The van der Waals surface area contributed by atoms with Gasteiger partial charge < -0.3 is 26.0 Å². The summed E-state index contributed by atoms with van der Waals surface area (Å²) in [5.74, 6) is -0.424. The van der Waals surface area contributed by atoms with Crippen LogP contribution in [0, 0.1) is 19.3 Å². The topological polar surface area (TPSA) is 129 Å². The fourth-order valence-electron chi connectivity index (χ4n) is 4.44. The molecule has 2 aromatic rings. The molecular weight excluding hydrogens is 430 g/mol. The van der Waals surface area contributed by atoms with Crippen LogP contribution in [0.2, 0.25) is 0 Å². The number of aromatic hydroxyl groups is 1. The summed E-state index contributed by atoms with van der Waals surface area (Å²) in [6.07, 6.45) is 1.76. The predicted octanol–water partition coefficient (Wildman–Crippen LogP) is 5.03. The molecule has 0 spiro atoms. The summed E-state index contributed by atoms with van der Waals surface area (Å²) in [4.78, 5) is 12.0. The van der Waals surface area contributed by atoms with Gasteiger partial charge in [0.1, 0.15) is 17.1 Å². The Kier molecular flexibility index (Phi) is 7.67. The van der Waals surface area contributed by atoms with E-state index in [0.717, 1.165) is 28.9 Å². The van der Waals surface area contributed by atoms with Crippen molar-refractivity contribution in [2.75, 3.05) is 5.32 Å². The highest BCUT2D eigenvalue weighted by molar-refractivity contribution is 5.89. The number of halogens is 1. The smallest absolute Gasteiger partial charge is 0.310 e. The number of nitrogens with two attached hydrogens (primary N) is 1. The Bertz CT molecular complexity index is 1010. The number of nitrogens with one attached hydrogen (secondary N) is 2. The Balaban J connectivity index is 0.00000363. The van der Waals surface area contributed by atoms with Gasteiger partial charge in [-0.2, -0.15) is 0 Å². The van der Waals surface area contributed by atoms with Crippen LogP contribution in [0.4, 0.5) is 5.69 Å². The molecule has 0 bridgehead atoms. The van der Waals surface area contributed by atoms with Gasteiger partial charge in [-0.25, -0.2) is 0 Å². The van der Waals surface area contributed by atoms with E-state index in [4.69, 9.17) is 15.9 Å². The van der Waals surface area contributed by atoms with Crippen molar-refractivity contribution in [2.24, 2.45) is 5.73 Å². The SMILES string of the molecule is Cc1c(O)cc2c(c1C)OC(C)(CCC(C(=O)O)c1ccc(NC(=N)N)cc1)CC2C.Cl. The lowest BCUT2D eigenvalue weighted by molar-refractivity contribution is -0.139. The summed E-state index contributed by atoms with van der Waals surface area (Å²) < 4.78 is 6.43. The van der Waals surface area contributed by atoms with Gasteiger partial charge in [-0.3, -0.25) is 10.2 Å². The third-order valence-corrected chi connectivity index (χ3v) is 6.31. The first-order chi connectivity index (χ1) is 14.5. The van der Waals surface area contributed by atoms with E-state index in [1.54, 1.807) is 30.3 Å². The highest BCUT2D eigenvalue weighted by atomic mass is 35.5. The van der Waals surface area contributed by atoms with Crippen LogP contribution in [0.25, 0.3) is 0 Å². The van der Waals surface area contributed by atoms with E-state index >= 15 is 0 Å². The van der Waals surface area contributed by atoms with Crippen molar-refractivity contribution in [1.82, 2.24) is 0 Å². The molecule has 1 aliphatic rings. The largest absolute Gasteiger partial charge is 0.508 e. The number of aliphatic carboxylic acids is 1. The maximum absolute atomic E-state index is 12.0. The zero-order valence-corrected chi connectivity index (χ0v) is 19.7. The number of hydrogen-bond acceptors (Lipinski definition) is 4. The Hall–Kier alpha value is -2.93. The van der Waals surface area contributed by atoms with Gasteiger partial charge >= 0.3 is 5.97 Å². The van der Waals surface area contributed by atoms with Crippen molar-refractivity contribution >= 4 is 30.0 Å². The third kappa shape index (κ3) is 5.27. The lowest BCUT2D eigenvalue weighted by atomic mass is 9.79. The van der Waals surface area contributed by atoms with E-state index in [9.17, 15) is 15.0 Å². The molecule has 0 saturated heterocycles. The molecular formula is C24H32ClN3O4. The molecule has 6 N–H and O–H groups in total. The zero-order valence-electron chi connectivity index (χ0n) is 18.9. The first-order valence-corrected chi connectivity index (χ1v) is 10.5. The van der Waals surface area contributed by atoms with Crippen LogP contribution in [0.15, 0.2) is 30.3 Å². The van der Waals surface area contributed by atoms with Gasteiger partial charge in [-0.05, 0) is 80.8 Å². The number of carbonyl (C=O) groups is 1. The van der Waals surface area contributed by atoms with E-state index in [1.807, 2.05) is 20.8 Å². The third-order valence-electron chi connectivity index (χ3n) is 6.31. The summed E-state index contributed by atoms with van der Waals surface area (Å²) >= 11 is 0. The minimum atomic E-state index is -0.878. The summed E-state index contributed by atoms with van der Waals surface area (Å²) in [7, 11) is 0. The number of ether oxygens (including phenoxy) is 1. The van der Waals surface area contributed by atoms with Crippen LogP contribution >= 0.6 is 12.4 Å². The van der Waals surface area contributed by atoms with E-state index < -0.39 is 17.5 Å². The van der Waals surface area contributed by atoms with Gasteiger partial charge in [0, 0.05) is 11.3 Å². The molecule has 0 fully saturated rings. The maximum atomic E-state index is 12.0. The standard InChI is InChI=1S/C24H31N3O4.ClH/c1-13-12-24(4,31-21-15(3)14(2)20(28)11-19(13)21)10-9-18(22(29)30)16-5-7-17(8-6-16)27-23(25)26;/h5-8,11,13,18,28H,9-10,12H2,1-4H3,(H,29,30)(H4,25,26,27);1H. The number of phenols is 1. The predicted molar refractivity (Wildman–Crippen MR) is 128 cm³/mol. The summed E-state index contributed by atoms with van der Waals surface area (Å²) in [5.41, 5.74) is 8.92. The second kappa shape index (κ2) is 9.69. The molecule has 0 radical (unpaired) electrons. The molecule has 0 amide bonds. The Labute approximate surface area is 194 Å². The second-order valence-corrected chi connectivity index (χ2v) is 8.81. The molecule has 0 aromatic heterocycles. The van der Waals surface area contributed by atoms with Gasteiger partial charge in [0.15, 0.2) is 5.96 Å². The van der Waals surface area contributed by atoms with E-state index in [-0.39, 0.29) is 30.0 Å². The molecule has 3 unspecified atom stereocenters. The van der Waals surface area contributed by atoms with Crippen molar-refractivity contribution in [3.05, 3.63) is 52.6 Å². The summed E-state index contributed by atoms with van der Waals surface area (Å²) in [6.45, 7) is 7.97. The Morgan fingerprint density at radius 3 is 2.50 bits per heavy atom. The maximum Gasteiger partial charge on any atom is 0.310 e. The number of guanidine groups is 1. The summed E-state index contributed by atoms with van der Waals surface area (Å²) in [5, 5.41) is 30.0. The van der Waals surface area contributed by atoms with Crippen LogP contribution in [-0.2, 0) is 4.79 Å². The highest BCUT2D eigenvalue weighted by Crippen LogP contribution is 2.47. The number of phenolic OH excluding ortho intramolecular Hbond substituents is 1. The first-order valence-electron chi connectivity index (χ1n) is 10.5. The van der Waals surface area contributed by atoms with E-state index in [1.165, 1.54) is 0 Å². The molecule has 7 nitrogen and oxygen atoms in total. The van der Waals surface area contributed by atoms with Crippen molar-refractivity contribution in [1.29, 1.82) is 5.41 Å². The zero-order chi connectivity index (χ0) is 22.9. The monoisotopic (exact) mass is 461 g/mol. The molecule has 3 atom stereocenters. The van der Waals surface area contributed by atoms with Gasteiger partial charge in [0.2, 0.25) is 0 Å². The van der Waals surface area contributed by atoms with Crippen LogP contribution in [0.5, 0.6) is 11.5 Å². The van der Waals surface area contributed by atoms with Crippen molar-refractivity contribution in [3.63, 3.8) is 0 Å². The molecule has 8 heteroatoms. The minimum absolute atomic E-state index is 0. The number of carboxylic acid groups (broad SMARTS) is 1. The molecule has 3 rings (SSSR count). The number of fused-ring (bicyclic) bond motifs is 1. The number of hydrogen-bond donors (Lipinski definition) is 5. The van der Waals surface area contributed by atoms with Crippen LogP contribution in [0.1, 0.15) is 67.2 Å². The minimum Gasteiger partial charge on any atom is -0.508 e. The van der Waals surface area contributed by atoms with Gasteiger partial charge in [0.25, 0.3) is 0 Å². The van der Waals surface area contributed by atoms with Gasteiger partial charge in [-0.1, -0.05) is 19.1 Å². The molecule has 1 aliphatic heterocycles. The van der Waals surface area contributed by atoms with Crippen molar-refractivity contribution < 1.29 is 19.7 Å². The number of rotatable bonds is 6. The fraction of sp³-hybridized carbons (Fsp3) is 0.417. The Morgan fingerprint density at radius 1 is 1.31 bits per heavy atom. The normalized spacial score (nSPS) is 20.3. The van der Waals surface area contributed by atoms with Crippen LogP contribution in [0.3, 0.4) is 0 Å². The first kappa shape index (κ1) is 25.3. The number of benzene rings is 2. The fourth-order valence-corrected chi connectivity index (χ4v) is 4.44. The molecule has 2 aromatic carbocycles. The number of carboxylic acids is 1. The molecule has 0 saturated carbocycles. The number of anilines is 1. The average Bonchev–Trinajstić information content (AvgIpc) is 2.68. The average molecular weight is 462 g/mol. The highest BCUT2D eigenvalue weighted by Gasteiger charge is 2.38. The van der Waals surface area contributed by atoms with Crippen LogP contribution in [-0.4, -0.2) is 27.7 Å². The molecule has 32 heavy (non-hydrogen) atoms. The molecule has 174 valence electrons. The lowest BCUT2D eigenvalue weighted by Gasteiger charge is -2.40. The van der Waals surface area contributed by atoms with Crippen molar-refractivity contribution in [3.8, 4) is 11.5 Å². The molecule has 0 aliphatic carbocycles. The van der Waals surface area contributed by atoms with Gasteiger partial charge in [0.05, 0.1) is 5.92 Å². The Morgan fingerprint density at radius 2 is 1.94 bits per heavy atom. The quantitative estimate of drug-likeness (QED) is 0.303. The summed E-state index contributed by atoms with van der Waals surface area (Å²) in [6, 6.07) is 8.74. The van der Waals surface area contributed by atoms with E-state index in [0.29, 0.717) is 24.1 Å². The lowest BCUT2D eigenvalue weighted by Crippen LogP contribution is -2.38. The second-order valence-electron chi connectivity index (χ2n) is 8.81. The van der Waals surface area contributed by atoms with E-state index in [2.05, 4.69) is 12.2 Å². The molecule has 1 heterocycles. The van der Waals surface area contributed by atoms with Crippen LogP contribution < -0.4 is 15.8 Å². The van der Waals surface area contributed by atoms with Gasteiger partial charge in [-0.15, -0.1) is 12.4 Å².